The first-order valence-electron chi connectivity index (χ1n) is 7.34. The first kappa shape index (κ1) is 14.2. The second-order valence-corrected chi connectivity index (χ2v) is 5.21. The molecular weight excluding hydrogens is 306 g/mol. The van der Waals surface area contributed by atoms with Crippen LogP contribution in [-0.4, -0.2) is 28.4 Å². The van der Waals surface area contributed by atoms with E-state index in [4.69, 9.17) is 9.15 Å². The number of carbonyl (C=O) groups is 1. The van der Waals surface area contributed by atoms with Crippen molar-refractivity contribution >= 4 is 17.3 Å². The molecule has 0 N–H and O–H groups in total. The van der Waals surface area contributed by atoms with Crippen molar-refractivity contribution in [2.75, 3.05) is 7.11 Å². The SMILES string of the molecule is COc1ccc(-n2nc3ccc(-c4ccc(C=O)o4)cc3n2)cc1. The summed E-state index contributed by atoms with van der Waals surface area (Å²) in [6.07, 6.45) is 0.683. The Balaban J connectivity index is 1.73. The number of carbonyl (C=O) groups excluding carboxylic acids is 1. The van der Waals surface area contributed by atoms with Crippen LogP contribution >= 0.6 is 0 Å². The number of benzene rings is 2. The molecule has 0 amide bonds. The van der Waals surface area contributed by atoms with Crippen LogP contribution in [0.5, 0.6) is 5.75 Å². The largest absolute Gasteiger partial charge is 0.497 e. The molecule has 4 aromatic rings. The van der Waals surface area contributed by atoms with Crippen molar-refractivity contribution in [1.29, 1.82) is 0 Å². The van der Waals surface area contributed by atoms with Crippen molar-refractivity contribution in [2.45, 2.75) is 0 Å². The van der Waals surface area contributed by atoms with Gasteiger partial charge in [0.2, 0.25) is 0 Å². The molecule has 0 saturated carbocycles. The summed E-state index contributed by atoms with van der Waals surface area (Å²) in [7, 11) is 1.63. The van der Waals surface area contributed by atoms with E-state index in [1.54, 1.807) is 24.0 Å². The summed E-state index contributed by atoms with van der Waals surface area (Å²) in [4.78, 5) is 12.3. The molecule has 6 heteroatoms. The molecule has 0 aliphatic heterocycles. The van der Waals surface area contributed by atoms with Gasteiger partial charge < -0.3 is 9.15 Å². The molecule has 0 saturated heterocycles. The Morgan fingerprint density at radius 1 is 1.00 bits per heavy atom. The van der Waals surface area contributed by atoms with Crippen LogP contribution in [0, 0.1) is 0 Å². The fraction of sp³-hybridized carbons (Fsp3) is 0.0556. The third-order valence-corrected chi connectivity index (χ3v) is 3.71. The zero-order valence-corrected chi connectivity index (χ0v) is 12.8. The Hall–Kier alpha value is -3.41. The number of aromatic nitrogens is 3. The van der Waals surface area contributed by atoms with Crippen molar-refractivity contribution in [2.24, 2.45) is 0 Å². The predicted octanol–water partition coefficient (Wildman–Crippen LogP) is 3.50. The molecule has 0 fully saturated rings. The van der Waals surface area contributed by atoms with Crippen molar-refractivity contribution in [3.8, 4) is 22.8 Å². The summed E-state index contributed by atoms with van der Waals surface area (Å²) >= 11 is 0. The van der Waals surface area contributed by atoms with E-state index < -0.39 is 0 Å². The van der Waals surface area contributed by atoms with Crippen LogP contribution in [0.3, 0.4) is 0 Å². The van der Waals surface area contributed by atoms with Crippen molar-refractivity contribution in [1.82, 2.24) is 15.0 Å². The van der Waals surface area contributed by atoms with E-state index in [0.29, 0.717) is 17.8 Å². The highest BCUT2D eigenvalue weighted by Gasteiger charge is 2.09. The van der Waals surface area contributed by atoms with Crippen molar-refractivity contribution < 1.29 is 13.9 Å². The molecule has 0 spiro atoms. The van der Waals surface area contributed by atoms with E-state index in [2.05, 4.69) is 10.2 Å². The minimum absolute atomic E-state index is 0.298. The summed E-state index contributed by atoms with van der Waals surface area (Å²) in [5, 5.41) is 8.98. The highest BCUT2D eigenvalue weighted by molar-refractivity contribution is 5.81. The van der Waals surface area contributed by atoms with Gasteiger partial charge in [-0.15, -0.1) is 10.2 Å². The zero-order valence-electron chi connectivity index (χ0n) is 12.8. The van der Waals surface area contributed by atoms with Gasteiger partial charge in [0.05, 0.1) is 12.8 Å². The monoisotopic (exact) mass is 319 g/mol. The number of fused-ring (bicyclic) bond motifs is 1. The smallest absolute Gasteiger partial charge is 0.185 e. The van der Waals surface area contributed by atoms with Crippen LogP contribution in [0.2, 0.25) is 0 Å². The quantitative estimate of drug-likeness (QED) is 0.538. The normalized spacial score (nSPS) is 10.9. The fourth-order valence-electron chi connectivity index (χ4n) is 2.47. The lowest BCUT2D eigenvalue weighted by molar-refractivity contribution is 0.110. The summed E-state index contributed by atoms with van der Waals surface area (Å²) in [5.74, 6) is 1.70. The molecule has 0 aliphatic rings. The molecule has 0 aliphatic carbocycles. The number of furan rings is 1. The maximum atomic E-state index is 10.7. The van der Waals surface area contributed by atoms with E-state index in [9.17, 15) is 4.79 Å². The number of methoxy groups -OCH3 is 1. The van der Waals surface area contributed by atoms with Gasteiger partial charge in [0.1, 0.15) is 22.5 Å². The number of rotatable bonds is 4. The van der Waals surface area contributed by atoms with Gasteiger partial charge >= 0.3 is 0 Å². The lowest BCUT2D eigenvalue weighted by atomic mass is 10.1. The first-order chi connectivity index (χ1) is 11.8. The third-order valence-electron chi connectivity index (χ3n) is 3.71. The Morgan fingerprint density at radius 2 is 1.79 bits per heavy atom. The van der Waals surface area contributed by atoms with Crippen LogP contribution in [0.25, 0.3) is 28.0 Å². The van der Waals surface area contributed by atoms with E-state index in [1.165, 1.54) is 0 Å². The van der Waals surface area contributed by atoms with E-state index in [-0.39, 0.29) is 0 Å². The average molecular weight is 319 g/mol. The molecule has 0 atom stereocenters. The summed E-state index contributed by atoms with van der Waals surface area (Å²) in [5.41, 5.74) is 3.20. The first-order valence-corrected chi connectivity index (χ1v) is 7.34. The molecule has 0 unspecified atom stereocenters. The van der Waals surface area contributed by atoms with Crippen LogP contribution in [0.4, 0.5) is 0 Å². The molecule has 118 valence electrons. The van der Waals surface area contributed by atoms with Gasteiger partial charge in [-0.2, -0.15) is 4.80 Å². The van der Waals surface area contributed by atoms with E-state index >= 15 is 0 Å². The molecule has 6 nitrogen and oxygen atoms in total. The second-order valence-electron chi connectivity index (χ2n) is 5.21. The Kier molecular flexibility index (Phi) is 3.35. The van der Waals surface area contributed by atoms with Crippen LogP contribution < -0.4 is 4.74 Å². The fourth-order valence-corrected chi connectivity index (χ4v) is 2.47. The second kappa shape index (κ2) is 5.66. The lowest BCUT2D eigenvalue weighted by Crippen LogP contribution is -1.98. The lowest BCUT2D eigenvalue weighted by Gasteiger charge is -2.01. The minimum Gasteiger partial charge on any atom is -0.497 e. The van der Waals surface area contributed by atoms with Gasteiger partial charge in [0.25, 0.3) is 0 Å². The van der Waals surface area contributed by atoms with E-state index in [0.717, 1.165) is 28.0 Å². The number of hydrogen-bond donors (Lipinski definition) is 0. The minimum atomic E-state index is 0.298. The third kappa shape index (κ3) is 2.44. The van der Waals surface area contributed by atoms with Crippen LogP contribution in [0.1, 0.15) is 10.6 Å². The standard InChI is InChI=1S/C18H13N3O3/c1-23-14-5-3-13(4-6-14)21-19-16-8-2-12(10-17(16)20-21)18-9-7-15(11-22)24-18/h2-11H,1H3. The van der Waals surface area contributed by atoms with Crippen molar-refractivity contribution in [3.05, 3.63) is 60.4 Å². The van der Waals surface area contributed by atoms with Crippen molar-refractivity contribution in [3.63, 3.8) is 0 Å². The Morgan fingerprint density at radius 3 is 2.50 bits per heavy atom. The van der Waals surface area contributed by atoms with Gasteiger partial charge in [0, 0.05) is 5.56 Å². The van der Waals surface area contributed by atoms with Gasteiger partial charge in [-0.1, -0.05) is 0 Å². The van der Waals surface area contributed by atoms with Crippen LogP contribution in [0.15, 0.2) is 59.0 Å². The summed E-state index contributed by atoms with van der Waals surface area (Å²) < 4.78 is 10.6. The molecule has 2 aromatic carbocycles. The number of ether oxygens (including phenoxy) is 1. The molecule has 2 heterocycles. The predicted molar refractivity (Wildman–Crippen MR) is 88.5 cm³/mol. The Bertz CT molecular complexity index is 1020. The van der Waals surface area contributed by atoms with Crippen LogP contribution in [-0.2, 0) is 0 Å². The molecule has 24 heavy (non-hydrogen) atoms. The highest BCUT2D eigenvalue weighted by atomic mass is 16.5. The topological polar surface area (TPSA) is 70.2 Å². The van der Waals surface area contributed by atoms with E-state index in [1.807, 2.05) is 42.5 Å². The average Bonchev–Trinajstić information content (AvgIpc) is 3.27. The maximum absolute atomic E-state index is 10.7. The number of hydrogen-bond acceptors (Lipinski definition) is 5. The molecule has 2 aromatic heterocycles. The molecule has 0 radical (unpaired) electrons. The van der Waals surface area contributed by atoms with Gasteiger partial charge in [-0.25, -0.2) is 0 Å². The van der Waals surface area contributed by atoms with Gasteiger partial charge in [-0.3, -0.25) is 4.79 Å². The molecule has 4 rings (SSSR count). The Labute approximate surface area is 137 Å². The van der Waals surface area contributed by atoms with Gasteiger partial charge in [0.15, 0.2) is 12.0 Å². The summed E-state index contributed by atoms with van der Waals surface area (Å²) in [6, 6.07) is 16.6. The van der Waals surface area contributed by atoms with Gasteiger partial charge in [-0.05, 0) is 54.6 Å². The number of aldehydes is 1. The summed E-state index contributed by atoms with van der Waals surface area (Å²) in [6.45, 7) is 0. The zero-order chi connectivity index (χ0) is 16.5. The maximum Gasteiger partial charge on any atom is 0.185 e. The molecular formula is C18H13N3O3. The molecule has 0 bridgehead atoms. The highest BCUT2D eigenvalue weighted by Crippen LogP contribution is 2.25. The number of nitrogens with zero attached hydrogens (tertiary/aromatic N) is 3.